The summed E-state index contributed by atoms with van der Waals surface area (Å²) in [5, 5.41) is 3.09. The Morgan fingerprint density at radius 1 is 0.964 bits per heavy atom. The average molecular weight is 399 g/mol. The highest BCUT2D eigenvalue weighted by Gasteiger charge is 2.11. The summed E-state index contributed by atoms with van der Waals surface area (Å²) in [5.74, 6) is 2.36. The van der Waals surface area contributed by atoms with Gasteiger partial charge < -0.3 is 14.2 Å². The van der Waals surface area contributed by atoms with Gasteiger partial charge in [0.25, 0.3) is 0 Å². The third kappa shape index (κ3) is 5.03. The van der Waals surface area contributed by atoms with Gasteiger partial charge in [0.1, 0.15) is 10.8 Å². The molecule has 0 aliphatic carbocycles. The van der Waals surface area contributed by atoms with Crippen LogP contribution in [0.5, 0.6) is 17.2 Å². The van der Waals surface area contributed by atoms with Crippen molar-refractivity contribution in [2.45, 2.75) is 20.0 Å². The van der Waals surface area contributed by atoms with Crippen LogP contribution in [0.3, 0.4) is 0 Å². The second-order valence-corrected chi connectivity index (χ2v) is 7.32. The van der Waals surface area contributed by atoms with Crippen LogP contribution in [-0.4, -0.2) is 37.8 Å². The molecule has 0 spiro atoms. The van der Waals surface area contributed by atoms with Gasteiger partial charge in [-0.1, -0.05) is 12.1 Å². The third-order valence-corrected chi connectivity index (χ3v) is 5.25. The van der Waals surface area contributed by atoms with Gasteiger partial charge in [0.2, 0.25) is 0 Å². The Kier molecular flexibility index (Phi) is 6.90. The van der Waals surface area contributed by atoms with E-state index < -0.39 is 0 Å². The minimum Gasteiger partial charge on any atom is -0.497 e. The van der Waals surface area contributed by atoms with Crippen molar-refractivity contribution in [2.24, 2.45) is 0 Å². The van der Waals surface area contributed by atoms with E-state index in [9.17, 15) is 0 Å². The molecule has 3 aromatic rings. The van der Waals surface area contributed by atoms with Gasteiger partial charge in [-0.05, 0) is 49.9 Å². The Bertz CT molecular complexity index is 893. The minimum atomic E-state index is 0.609. The average Bonchev–Trinajstić information content (AvgIpc) is 3.17. The first-order chi connectivity index (χ1) is 13.6. The minimum absolute atomic E-state index is 0.609. The van der Waals surface area contributed by atoms with Crippen molar-refractivity contribution >= 4 is 11.3 Å². The van der Waals surface area contributed by atoms with E-state index in [0.717, 1.165) is 46.6 Å². The van der Waals surface area contributed by atoms with Crippen LogP contribution in [0, 0.1) is 0 Å². The highest BCUT2D eigenvalue weighted by molar-refractivity contribution is 7.13. The van der Waals surface area contributed by atoms with E-state index in [4.69, 9.17) is 19.2 Å². The lowest BCUT2D eigenvalue weighted by Crippen LogP contribution is -2.17. The van der Waals surface area contributed by atoms with Gasteiger partial charge in [0.05, 0.1) is 26.5 Å². The molecule has 0 aliphatic heterocycles. The van der Waals surface area contributed by atoms with E-state index in [1.807, 2.05) is 37.3 Å². The second kappa shape index (κ2) is 9.57. The summed E-state index contributed by atoms with van der Waals surface area (Å²) in [6.07, 6.45) is 0. The largest absolute Gasteiger partial charge is 0.497 e. The van der Waals surface area contributed by atoms with Gasteiger partial charge in [-0.3, -0.25) is 4.90 Å². The smallest absolute Gasteiger partial charge is 0.161 e. The monoisotopic (exact) mass is 398 g/mol. The third-order valence-electron chi connectivity index (χ3n) is 4.31. The fourth-order valence-electron chi connectivity index (χ4n) is 2.96. The number of thiazole rings is 1. The van der Waals surface area contributed by atoms with Crippen molar-refractivity contribution in [3.8, 4) is 27.8 Å². The highest BCUT2D eigenvalue weighted by Crippen LogP contribution is 2.34. The lowest BCUT2D eigenvalue weighted by molar-refractivity contribution is 0.311. The van der Waals surface area contributed by atoms with Crippen LogP contribution < -0.4 is 14.2 Å². The van der Waals surface area contributed by atoms with Gasteiger partial charge in [-0.15, -0.1) is 11.3 Å². The number of rotatable bonds is 9. The topological polar surface area (TPSA) is 43.8 Å². The maximum atomic E-state index is 5.59. The SMILES string of the molecule is CCOc1ccc(-c2nc(CN(C)Cc3ccc(OC)cc3)cs2)cc1OC. The second-order valence-electron chi connectivity index (χ2n) is 6.46. The quantitative estimate of drug-likeness (QED) is 0.515. The zero-order valence-electron chi connectivity index (χ0n) is 16.8. The van der Waals surface area contributed by atoms with Crippen LogP contribution >= 0.6 is 11.3 Å². The number of hydrogen-bond donors (Lipinski definition) is 0. The maximum Gasteiger partial charge on any atom is 0.161 e. The number of aromatic nitrogens is 1. The van der Waals surface area contributed by atoms with Crippen LogP contribution in [0.25, 0.3) is 10.6 Å². The van der Waals surface area contributed by atoms with Gasteiger partial charge >= 0.3 is 0 Å². The number of nitrogens with zero attached hydrogens (tertiary/aromatic N) is 2. The molecule has 28 heavy (non-hydrogen) atoms. The Morgan fingerprint density at radius 3 is 2.43 bits per heavy atom. The molecule has 0 bridgehead atoms. The lowest BCUT2D eigenvalue weighted by atomic mass is 10.2. The Labute approximate surface area is 170 Å². The van der Waals surface area contributed by atoms with E-state index in [2.05, 4.69) is 29.5 Å². The summed E-state index contributed by atoms with van der Waals surface area (Å²) in [5.41, 5.74) is 3.34. The predicted molar refractivity (Wildman–Crippen MR) is 113 cm³/mol. The summed E-state index contributed by atoms with van der Waals surface area (Å²) in [4.78, 5) is 7.05. The summed E-state index contributed by atoms with van der Waals surface area (Å²) < 4.78 is 16.3. The van der Waals surface area contributed by atoms with Crippen molar-refractivity contribution in [1.29, 1.82) is 0 Å². The highest BCUT2D eigenvalue weighted by atomic mass is 32.1. The van der Waals surface area contributed by atoms with Gasteiger partial charge in [-0.25, -0.2) is 4.98 Å². The Hall–Kier alpha value is -2.57. The molecule has 148 valence electrons. The van der Waals surface area contributed by atoms with E-state index in [0.29, 0.717) is 6.61 Å². The van der Waals surface area contributed by atoms with Crippen molar-refractivity contribution in [3.05, 3.63) is 59.1 Å². The van der Waals surface area contributed by atoms with Crippen LogP contribution in [0.15, 0.2) is 47.8 Å². The zero-order chi connectivity index (χ0) is 19.9. The molecule has 6 heteroatoms. The molecule has 0 N–H and O–H groups in total. The van der Waals surface area contributed by atoms with Crippen molar-refractivity contribution in [3.63, 3.8) is 0 Å². The molecule has 0 aliphatic rings. The number of methoxy groups -OCH3 is 2. The summed E-state index contributed by atoms with van der Waals surface area (Å²) in [6.45, 7) is 4.21. The Balaban J connectivity index is 1.66. The predicted octanol–water partition coefficient (Wildman–Crippen LogP) is 4.86. The van der Waals surface area contributed by atoms with E-state index in [-0.39, 0.29) is 0 Å². The first-order valence-electron chi connectivity index (χ1n) is 9.20. The molecular formula is C22H26N2O3S. The maximum absolute atomic E-state index is 5.59. The summed E-state index contributed by atoms with van der Waals surface area (Å²) in [7, 11) is 5.44. The summed E-state index contributed by atoms with van der Waals surface area (Å²) >= 11 is 1.64. The van der Waals surface area contributed by atoms with E-state index in [1.165, 1.54) is 5.56 Å². The molecule has 0 saturated heterocycles. The number of benzene rings is 2. The first-order valence-corrected chi connectivity index (χ1v) is 10.1. The van der Waals surface area contributed by atoms with Crippen molar-refractivity contribution in [2.75, 3.05) is 27.9 Å². The molecule has 0 unspecified atom stereocenters. The van der Waals surface area contributed by atoms with Gasteiger partial charge in [-0.2, -0.15) is 0 Å². The van der Waals surface area contributed by atoms with Crippen molar-refractivity contribution in [1.82, 2.24) is 9.88 Å². The molecule has 1 aromatic heterocycles. The molecule has 0 radical (unpaired) electrons. The summed E-state index contributed by atoms with van der Waals surface area (Å²) in [6, 6.07) is 14.1. The fraction of sp³-hybridized carbons (Fsp3) is 0.318. The lowest BCUT2D eigenvalue weighted by Gasteiger charge is -2.15. The molecule has 0 fully saturated rings. The fourth-order valence-corrected chi connectivity index (χ4v) is 3.77. The van der Waals surface area contributed by atoms with Crippen LogP contribution in [0.4, 0.5) is 0 Å². The molecule has 0 amide bonds. The molecule has 3 rings (SSSR count). The van der Waals surface area contributed by atoms with Crippen molar-refractivity contribution < 1.29 is 14.2 Å². The number of ether oxygens (including phenoxy) is 3. The molecule has 2 aromatic carbocycles. The molecular weight excluding hydrogens is 372 g/mol. The first kappa shape index (κ1) is 20.2. The van der Waals surface area contributed by atoms with Gasteiger partial charge in [0.15, 0.2) is 11.5 Å². The molecule has 0 atom stereocenters. The Morgan fingerprint density at radius 2 is 1.75 bits per heavy atom. The number of hydrogen-bond acceptors (Lipinski definition) is 6. The standard InChI is InChI=1S/C22H26N2O3S/c1-5-27-20-11-8-17(12-21(20)26-4)22-23-18(15-28-22)14-24(2)13-16-6-9-19(25-3)10-7-16/h6-12,15H,5,13-14H2,1-4H3. The molecule has 0 saturated carbocycles. The van der Waals surface area contributed by atoms with Crippen LogP contribution in [0.2, 0.25) is 0 Å². The van der Waals surface area contributed by atoms with E-state index in [1.54, 1.807) is 25.6 Å². The van der Waals surface area contributed by atoms with E-state index >= 15 is 0 Å². The molecule has 1 heterocycles. The van der Waals surface area contributed by atoms with Crippen LogP contribution in [0.1, 0.15) is 18.2 Å². The normalized spacial score (nSPS) is 10.9. The molecule has 5 nitrogen and oxygen atoms in total. The zero-order valence-corrected chi connectivity index (χ0v) is 17.6. The van der Waals surface area contributed by atoms with Gasteiger partial charge in [0, 0.05) is 24.0 Å². The van der Waals surface area contributed by atoms with Crippen LogP contribution in [-0.2, 0) is 13.1 Å².